The van der Waals surface area contributed by atoms with E-state index in [9.17, 15) is 22.4 Å². The van der Waals surface area contributed by atoms with Crippen LogP contribution in [0.2, 0.25) is 0 Å². The lowest BCUT2D eigenvalue weighted by atomic mass is 9.99. The molecule has 0 amide bonds. The van der Waals surface area contributed by atoms with Gasteiger partial charge in [0.2, 0.25) is 0 Å². The highest BCUT2D eigenvalue weighted by Gasteiger charge is 2.48. The molecule has 0 aliphatic rings. The largest absolute Gasteiger partial charge is 0.462 e. The van der Waals surface area contributed by atoms with Crippen molar-refractivity contribution < 1.29 is 27.1 Å². The predicted octanol–water partition coefficient (Wildman–Crippen LogP) is 2.47. The fourth-order valence-corrected chi connectivity index (χ4v) is 1.45. The topological polar surface area (TPSA) is 52.3 Å². The summed E-state index contributed by atoms with van der Waals surface area (Å²) in [5.41, 5.74) is 4.34. The molecule has 1 aromatic rings. The van der Waals surface area contributed by atoms with E-state index in [1.165, 1.54) is 13.8 Å². The van der Waals surface area contributed by atoms with Crippen LogP contribution in [0, 0.1) is 18.6 Å². The standard InChI is InChI=1S/C12H13F4NO2/c1-3-19-11(18)12(15,16)10(17)7-5-4-6(2)8(13)9(7)14/h4-5,10H,3,17H2,1-2H3/t10-/m1/s1. The van der Waals surface area contributed by atoms with Gasteiger partial charge in [-0.25, -0.2) is 13.6 Å². The van der Waals surface area contributed by atoms with Crippen molar-refractivity contribution in [2.24, 2.45) is 5.73 Å². The van der Waals surface area contributed by atoms with Gasteiger partial charge in [-0.15, -0.1) is 0 Å². The summed E-state index contributed by atoms with van der Waals surface area (Å²) >= 11 is 0. The summed E-state index contributed by atoms with van der Waals surface area (Å²) in [4.78, 5) is 11.1. The van der Waals surface area contributed by atoms with Gasteiger partial charge in [-0.05, 0) is 19.4 Å². The summed E-state index contributed by atoms with van der Waals surface area (Å²) < 4.78 is 58.2. The van der Waals surface area contributed by atoms with Crippen LogP contribution >= 0.6 is 0 Å². The Hall–Kier alpha value is -1.63. The smallest absolute Gasteiger partial charge is 0.379 e. The molecule has 1 atom stereocenters. The Morgan fingerprint density at radius 2 is 1.95 bits per heavy atom. The number of ether oxygens (including phenoxy) is 1. The van der Waals surface area contributed by atoms with Gasteiger partial charge in [-0.1, -0.05) is 12.1 Å². The van der Waals surface area contributed by atoms with Crippen LogP contribution in [-0.2, 0) is 9.53 Å². The lowest BCUT2D eigenvalue weighted by Crippen LogP contribution is -2.42. The fraction of sp³-hybridized carbons (Fsp3) is 0.417. The highest BCUT2D eigenvalue weighted by molar-refractivity contribution is 5.78. The van der Waals surface area contributed by atoms with E-state index in [1.54, 1.807) is 0 Å². The number of aryl methyl sites for hydroxylation is 1. The molecule has 19 heavy (non-hydrogen) atoms. The van der Waals surface area contributed by atoms with Crippen molar-refractivity contribution >= 4 is 5.97 Å². The SMILES string of the molecule is CCOC(=O)C(F)(F)[C@H](N)c1ccc(C)c(F)c1F. The molecule has 0 saturated carbocycles. The number of halogens is 4. The maximum Gasteiger partial charge on any atom is 0.379 e. The van der Waals surface area contributed by atoms with Crippen molar-refractivity contribution in [2.45, 2.75) is 25.8 Å². The average Bonchev–Trinajstić information content (AvgIpc) is 2.35. The fourth-order valence-electron chi connectivity index (χ4n) is 1.45. The van der Waals surface area contributed by atoms with Gasteiger partial charge in [-0.3, -0.25) is 0 Å². The predicted molar refractivity (Wildman–Crippen MR) is 59.6 cm³/mol. The molecule has 0 aliphatic heterocycles. The van der Waals surface area contributed by atoms with Crippen LogP contribution in [0.4, 0.5) is 17.6 Å². The normalized spacial score (nSPS) is 13.2. The van der Waals surface area contributed by atoms with Gasteiger partial charge >= 0.3 is 11.9 Å². The Morgan fingerprint density at radius 1 is 1.37 bits per heavy atom. The first kappa shape index (κ1) is 15.4. The third-order valence-electron chi connectivity index (χ3n) is 2.58. The molecule has 106 valence electrons. The lowest BCUT2D eigenvalue weighted by Gasteiger charge is -2.22. The number of hydrogen-bond donors (Lipinski definition) is 1. The van der Waals surface area contributed by atoms with Crippen LogP contribution in [0.1, 0.15) is 24.1 Å². The average molecular weight is 279 g/mol. The van der Waals surface area contributed by atoms with Crippen LogP contribution in [0.25, 0.3) is 0 Å². The van der Waals surface area contributed by atoms with E-state index in [0.717, 1.165) is 12.1 Å². The monoisotopic (exact) mass is 279 g/mol. The highest BCUT2D eigenvalue weighted by atomic mass is 19.3. The van der Waals surface area contributed by atoms with Gasteiger partial charge in [0.25, 0.3) is 0 Å². The van der Waals surface area contributed by atoms with Gasteiger partial charge in [0.15, 0.2) is 11.6 Å². The number of esters is 1. The molecular weight excluding hydrogens is 266 g/mol. The number of alkyl halides is 2. The van der Waals surface area contributed by atoms with Crippen molar-refractivity contribution in [2.75, 3.05) is 6.61 Å². The zero-order chi connectivity index (χ0) is 14.8. The molecule has 1 aromatic carbocycles. The molecule has 0 heterocycles. The Kier molecular flexibility index (Phi) is 4.52. The summed E-state index contributed by atoms with van der Waals surface area (Å²) in [6, 6.07) is -0.290. The van der Waals surface area contributed by atoms with E-state index in [2.05, 4.69) is 4.74 Å². The summed E-state index contributed by atoms with van der Waals surface area (Å²) in [6.07, 6.45) is 0. The molecule has 0 radical (unpaired) electrons. The molecule has 0 aliphatic carbocycles. The highest BCUT2D eigenvalue weighted by Crippen LogP contribution is 2.33. The zero-order valence-corrected chi connectivity index (χ0v) is 10.3. The van der Waals surface area contributed by atoms with Crippen molar-refractivity contribution in [3.8, 4) is 0 Å². The number of hydrogen-bond acceptors (Lipinski definition) is 3. The lowest BCUT2D eigenvalue weighted by molar-refractivity contribution is -0.174. The van der Waals surface area contributed by atoms with E-state index >= 15 is 0 Å². The van der Waals surface area contributed by atoms with Crippen LogP contribution in [0.15, 0.2) is 12.1 Å². The van der Waals surface area contributed by atoms with Crippen LogP contribution in [0.5, 0.6) is 0 Å². The van der Waals surface area contributed by atoms with E-state index in [0.29, 0.717) is 0 Å². The Labute approximate surface area is 107 Å². The molecule has 0 bridgehead atoms. The van der Waals surface area contributed by atoms with Gasteiger partial charge in [-0.2, -0.15) is 8.78 Å². The minimum absolute atomic E-state index is 0.0482. The first-order valence-electron chi connectivity index (χ1n) is 5.48. The minimum atomic E-state index is -4.14. The summed E-state index contributed by atoms with van der Waals surface area (Å²) in [5, 5.41) is 0. The van der Waals surface area contributed by atoms with E-state index in [-0.39, 0.29) is 12.2 Å². The second kappa shape index (κ2) is 5.56. The summed E-state index contributed by atoms with van der Waals surface area (Å²) in [5.74, 6) is -8.77. The van der Waals surface area contributed by atoms with Gasteiger partial charge < -0.3 is 10.5 Å². The van der Waals surface area contributed by atoms with Crippen molar-refractivity contribution in [3.63, 3.8) is 0 Å². The quantitative estimate of drug-likeness (QED) is 0.680. The first-order chi connectivity index (χ1) is 8.73. The van der Waals surface area contributed by atoms with E-state index in [1.807, 2.05) is 0 Å². The Balaban J connectivity index is 3.16. The Bertz CT molecular complexity index is 491. The molecule has 0 aromatic heterocycles. The molecule has 3 nitrogen and oxygen atoms in total. The molecule has 7 heteroatoms. The first-order valence-corrected chi connectivity index (χ1v) is 5.48. The number of rotatable bonds is 4. The molecule has 1 rings (SSSR count). The number of benzene rings is 1. The number of carbonyl (C=O) groups excluding carboxylic acids is 1. The molecule has 2 N–H and O–H groups in total. The second-order valence-electron chi connectivity index (χ2n) is 3.92. The van der Waals surface area contributed by atoms with E-state index < -0.39 is 35.1 Å². The maximum atomic E-state index is 13.6. The van der Waals surface area contributed by atoms with Crippen LogP contribution in [0.3, 0.4) is 0 Å². The van der Waals surface area contributed by atoms with Crippen LogP contribution in [-0.4, -0.2) is 18.5 Å². The van der Waals surface area contributed by atoms with E-state index in [4.69, 9.17) is 5.73 Å². The molecular formula is C12H13F4NO2. The second-order valence-corrected chi connectivity index (χ2v) is 3.92. The summed E-state index contributed by atoms with van der Waals surface area (Å²) in [7, 11) is 0. The third-order valence-corrected chi connectivity index (χ3v) is 2.58. The molecule has 0 spiro atoms. The van der Waals surface area contributed by atoms with Crippen molar-refractivity contribution in [1.82, 2.24) is 0 Å². The summed E-state index contributed by atoms with van der Waals surface area (Å²) in [6.45, 7) is 2.34. The molecule has 0 saturated heterocycles. The zero-order valence-electron chi connectivity index (χ0n) is 10.3. The van der Waals surface area contributed by atoms with Gasteiger partial charge in [0.05, 0.1) is 6.61 Å². The van der Waals surface area contributed by atoms with Crippen LogP contribution < -0.4 is 5.73 Å². The minimum Gasteiger partial charge on any atom is -0.462 e. The van der Waals surface area contributed by atoms with Crippen molar-refractivity contribution in [3.05, 3.63) is 34.9 Å². The molecule has 0 fully saturated rings. The number of nitrogens with two attached hydrogens (primary N) is 1. The number of carbonyl (C=O) groups is 1. The van der Waals surface area contributed by atoms with Gasteiger partial charge in [0, 0.05) is 5.56 Å². The maximum absolute atomic E-state index is 13.6. The Morgan fingerprint density at radius 3 is 2.47 bits per heavy atom. The third kappa shape index (κ3) is 2.86. The molecule has 0 unspecified atom stereocenters. The van der Waals surface area contributed by atoms with Crippen molar-refractivity contribution in [1.29, 1.82) is 0 Å². The van der Waals surface area contributed by atoms with Gasteiger partial charge in [0.1, 0.15) is 6.04 Å².